The van der Waals surface area contributed by atoms with Crippen LogP contribution in [0, 0.1) is 23.7 Å². The third-order valence-electron chi connectivity index (χ3n) is 13.3. The molecule has 5 rings (SSSR count). The van der Waals surface area contributed by atoms with Crippen LogP contribution in [0.5, 0.6) is 0 Å². The lowest BCUT2D eigenvalue weighted by Crippen LogP contribution is -2.35. The zero-order chi connectivity index (χ0) is 40.5. The van der Waals surface area contributed by atoms with Gasteiger partial charge in [-0.2, -0.15) is 0 Å². The molecule has 5 saturated heterocycles. The zero-order valence-electron chi connectivity index (χ0n) is 35.5. The summed E-state index contributed by atoms with van der Waals surface area (Å²) in [6.45, 7) is 15.5. The molecule has 12 heteroatoms. The molecule has 0 amide bonds. The summed E-state index contributed by atoms with van der Waals surface area (Å²) >= 11 is 0. The number of fused-ring (bicyclic) bond motifs is 8. The summed E-state index contributed by atoms with van der Waals surface area (Å²) in [4.78, 5) is 53.5. The molecule has 56 heavy (non-hydrogen) atoms. The lowest BCUT2D eigenvalue weighted by atomic mass is 9.99. The van der Waals surface area contributed by atoms with E-state index in [0.29, 0.717) is 51.4 Å². The first-order valence-corrected chi connectivity index (χ1v) is 22.3. The van der Waals surface area contributed by atoms with Crippen molar-refractivity contribution >= 4 is 23.9 Å². The molecule has 0 N–H and O–H groups in total. The Kier molecular flexibility index (Phi) is 16.9. The molecule has 5 aliphatic heterocycles. The Morgan fingerprint density at radius 1 is 0.357 bits per heavy atom. The Bertz CT molecular complexity index is 1100. The van der Waals surface area contributed by atoms with E-state index in [4.69, 9.17) is 37.9 Å². The highest BCUT2D eigenvalue weighted by Crippen LogP contribution is 2.35. The van der Waals surface area contributed by atoms with Crippen LogP contribution in [0.2, 0.25) is 0 Å². The van der Waals surface area contributed by atoms with Crippen molar-refractivity contribution in [3.05, 3.63) is 0 Å². The van der Waals surface area contributed by atoms with Gasteiger partial charge in [-0.25, -0.2) is 0 Å². The molecule has 0 radical (unpaired) electrons. The van der Waals surface area contributed by atoms with Crippen LogP contribution in [-0.2, 0) is 57.1 Å². The van der Waals surface area contributed by atoms with Gasteiger partial charge >= 0.3 is 23.9 Å². The highest BCUT2D eigenvalue weighted by molar-refractivity contribution is 5.74. The van der Waals surface area contributed by atoms with Crippen LogP contribution < -0.4 is 0 Å². The molecule has 320 valence electrons. The van der Waals surface area contributed by atoms with Gasteiger partial charge in [-0.05, 0) is 105 Å². The summed E-state index contributed by atoms with van der Waals surface area (Å²) in [5, 5.41) is 0. The largest absolute Gasteiger partial charge is 0.462 e. The molecule has 5 heterocycles. The Hall–Kier alpha value is -2.28. The van der Waals surface area contributed by atoms with Crippen LogP contribution in [0.15, 0.2) is 0 Å². The molecule has 16 atom stereocenters. The third-order valence-corrected chi connectivity index (χ3v) is 13.3. The minimum atomic E-state index is -0.434. The number of carbonyl (C=O) groups is 4. The maximum absolute atomic E-state index is 13.4. The molecule has 12 nitrogen and oxygen atoms in total. The molecule has 5 fully saturated rings. The Balaban J connectivity index is 1.24. The van der Waals surface area contributed by atoms with Crippen LogP contribution in [0.3, 0.4) is 0 Å². The van der Waals surface area contributed by atoms with Gasteiger partial charge in [0, 0.05) is 25.7 Å². The molecule has 0 aliphatic carbocycles. The van der Waals surface area contributed by atoms with E-state index < -0.39 is 23.7 Å². The molecule has 0 saturated carbocycles. The predicted octanol–water partition coefficient (Wildman–Crippen LogP) is 7.58. The second-order valence-corrected chi connectivity index (χ2v) is 17.5. The maximum Gasteiger partial charge on any atom is 0.311 e. The maximum atomic E-state index is 13.4. The van der Waals surface area contributed by atoms with Crippen LogP contribution >= 0.6 is 0 Å². The van der Waals surface area contributed by atoms with Crippen molar-refractivity contribution in [2.45, 2.75) is 231 Å². The molecule has 0 aromatic heterocycles. The van der Waals surface area contributed by atoms with E-state index in [1.807, 2.05) is 55.4 Å². The number of rotatable bonds is 4. The van der Waals surface area contributed by atoms with E-state index in [1.54, 1.807) is 0 Å². The van der Waals surface area contributed by atoms with Gasteiger partial charge in [-0.15, -0.1) is 0 Å². The molecular weight excluding hydrogens is 720 g/mol. The summed E-state index contributed by atoms with van der Waals surface area (Å²) < 4.78 is 49.6. The van der Waals surface area contributed by atoms with Gasteiger partial charge in [-0.3, -0.25) is 19.2 Å². The van der Waals surface area contributed by atoms with Crippen LogP contribution in [0.25, 0.3) is 0 Å². The predicted molar refractivity (Wildman–Crippen MR) is 207 cm³/mol. The number of carbonyl (C=O) groups excluding carboxylic acids is 4. The van der Waals surface area contributed by atoms with E-state index >= 15 is 0 Å². The van der Waals surface area contributed by atoms with Crippen molar-refractivity contribution in [3.63, 3.8) is 0 Å². The molecule has 0 aromatic rings. The SMILES string of the molecule is CC[C@H]1C[C@@H]2CC[C@@H](O2)[C@@H](C)C(=O)O[C@@H](CC)C[C@H]2CC[C@H](O2)[C@H](C)C(=O)O[C@@H](CC)C[C@@H]2CC[C@@H](O2)[C@@H](C)C(=O)O[C@H](CC)C[C@H]2CC[C@H](O2)[C@H](C)C(=O)O1. The minimum absolute atomic E-state index is 0.116. The smallest absolute Gasteiger partial charge is 0.311 e. The van der Waals surface area contributed by atoms with Crippen molar-refractivity contribution in [1.29, 1.82) is 0 Å². The van der Waals surface area contributed by atoms with Gasteiger partial charge < -0.3 is 37.9 Å². The quantitative estimate of drug-likeness (QED) is 0.205. The number of hydrogen-bond acceptors (Lipinski definition) is 12. The van der Waals surface area contributed by atoms with Gasteiger partial charge in [0.2, 0.25) is 0 Å². The van der Waals surface area contributed by atoms with Gasteiger partial charge in [0.05, 0.1) is 72.5 Å². The van der Waals surface area contributed by atoms with E-state index in [0.717, 1.165) is 51.4 Å². The standard InChI is InChI=1S/C44H72O12/c1-9-29-21-33-13-17-38(49-33)26(6)42(46)54-31(11-3)23-35-15-19-40(51-35)28(8)44(48)56-32(12-4)24-36-16-20-39(52-36)27(7)43(47)55-30(10-2)22-34-14-18-37(50-34)25(5)41(45)53-29/h25-40H,9-24H2,1-8H3/t25-,26+,27+,28-,29-,30-,31+,32-,33-,34+,35+,36-,37-,38+,39+,40-/m0/s1. The lowest BCUT2D eigenvalue weighted by Gasteiger charge is -2.27. The second-order valence-electron chi connectivity index (χ2n) is 17.5. The third kappa shape index (κ3) is 11.9. The van der Waals surface area contributed by atoms with Crippen molar-refractivity contribution in [1.82, 2.24) is 0 Å². The number of esters is 4. The number of cyclic esters (lactones) is 4. The highest BCUT2D eigenvalue weighted by Gasteiger charge is 2.41. The number of hydrogen-bond donors (Lipinski definition) is 0. The van der Waals surface area contributed by atoms with Gasteiger partial charge in [0.25, 0.3) is 0 Å². The summed E-state index contributed by atoms with van der Waals surface area (Å²) in [5.41, 5.74) is 0. The summed E-state index contributed by atoms with van der Waals surface area (Å²) in [6.07, 6.45) is 8.23. The fourth-order valence-electron chi connectivity index (χ4n) is 9.16. The lowest BCUT2D eigenvalue weighted by molar-refractivity contribution is -0.162. The van der Waals surface area contributed by atoms with Gasteiger partial charge in [-0.1, -0.05) is 27.7 Å². The van der Waals surface area contributed by atoms with Gasteiger partial charge in [0.1, 0.15) is 24.4 Å². The molecule has 8 bridgehead atoms. The molecule has 0 unspecified atom stereocenters. The average molecular weight is 793 g/mol. The molecule has 5 aliphatic rings. The van der Waals surface area contributed by atoms with Crippen molar-refractivity contribution in [2.75, 3.05) is 0 Å². The van der Waals surface area contributed by atoms with Crippen LogP contribution in [-0.4, -0.2) is 97.1 Å². The van der Waals surface area contributed by atoms with Crippen LogP contribution in [0.1, 0.15) is 158 Å². The van der Waals surface area contributed by atoms with Crippen molar-refractivity contribution < 1.29 is 57.1 Å². The van der Waals surface area contributed by atoms with E-state index in [2.05, 4.69) is 0 Å². The van der Waals surface area contributed by atoms with Gasteiger partial charge in [0.15, 0.2) is 0 Å². The average Bonchev–Trinajstić information content (AvgIpc) is 4.03. The first kappa shape index (κ1) is 44.8. The van der Waals surface area contributed by atoms with Crippen molar-refractivity contribution in [3.8, 4) is 0 Å². The Morgan fingerprint density at radius 2 is 0.554 bits per heavy atom. The normalized spacial score (nSPS) is 42.9. The Morgan fingerprint density at radius 3 is 0.732 bits per heavy atom. The Labute approximate surface area is 335 Å². The molecule has 0 aromatic carbocycles. The summed E-state index contributed by atoms with van der Waals surface area (Å²) in [7, 11) is 0. The minimum Gasteiger partial charge on any atom is -0.462 e. The van der Waals surface area contributed by atoms with E-state index in [9.17, 15) is 19.2 Å². The molecular formula is C44H72O12. The molecule has 0 spiro atoms. The first-order valence-electron chi connectivity index (χ1n) is 22.3. The topological polar surface area (TPSA) is 142 Å². The van der Waals surface area contributed by atoms with Crippen LogP contribution in [0.4, 0.5) is 0 Å². The van der Waals surface area contributed by atoms with E-state index in [-0.39, 0.29) is 97.1 Å². The second kappa shape index (κ2) is 21.1. The number of ether oxygens (including phenoxy) is 8. The highest BCUT2D eigenvalue weighted by atomic mass is 16.6. The van der Waals surface area contributed by atoms with Crippen molar-refractivity contribution in [2.24, 2.45) is 23.7 Å². The van der Waals surface area contributed by atoms with E-state index in [1.165, 1.54) is 0 Å². The zero-order valence-corrected chi connectivity index (χ0v) is 35.5. The summed E-state index contributed by atoms with van der Waals surface area (Å²) in [5.74, 6) is -2.83. The monoisotopic (exact) mass is 793 g/mol. The first-order chi connectivity index (χ1) is 26.8. The fraction of sp³-hybridized carbons (Fsp3) is 0.909. The summed E-state index contributed by atoms with van der Waals surface area (Å²) in [6, 6.07) is 0. The fourth-order valence-corrected chi connectivity index (χ4v) is 9.16.